The molecule has 2 aromatic carbocycles. The highest BCUT2D eigenvalue weighted by molar-refractivity contribution is 5.62. The quantitative estimate of drug-likeness (QED) is 0.377. The van der Waals surface area contributed by atoms with Crippen molar-refractivity contribution in [2.75, 3.05) is 11.9 Å². The normalized spacial score (nSPS) is 10.6. The molecule has 0 aliphatic carbocycles. The number of nitrogens with one attached hydrogen (secondary N) is 1. The average Bonchev–Trinajstić information content (AvgIpc) is 2.82. The highest BCUT2D eigenvalue weighted by Gasteiger charge is 2.04. The summed E-state index contributed by atoms with van der Waals surface area (Å²) >= 11 is 0. The molecule has 0 fully saturated rings. The zero-order valence-electron chi connectivity index (χ0n) is 17.0. The van der Waals surface area contributed by atoms with E-state index in [0.717, 1.165) is 53.5 Å². The topological polar surface area (TPSA) is 59.9 Å². The van der Waals surface area contributed by atoms with Crippen molar-refractivity contribution < 1.29 is 9.13 Å². The Morgan fingerprint density at radius 1 is 0.871 bits per heavy atom. The smallest absolute Gasteiger partial charge is 0.129 e. The van der Waals surface area contributed by atoms with Crippen LogP contribution in [0, 0.1) is 5.82 Å². The van der Waals surface area contributed by atoms with Gasteiger partial charge in [-0.1, -0.05) is 18.2 Å². The molecule has 0 unspecified atom stereocenters. The summed E-state index contributed by atoms with van der Waals surface area (Å²) in [5.74, 6) is 1.24. The first kappa shape index (κ1) is 20.5. The lowest BCUT2D eigenvalue weighted by Crippen LogP contribution is -2.05. The van der Waals surface area contributed by atoms with Crippen LogP contribution in [-0.4, -0.2) is 21.5 Å². The van der Waals surface area contributed by atoms with Crippen molar-refractivity contribution in [1.29, 1.82) is 0 Å². The van der Waals surface area contributed by atoms with Gasteiger partial charge in [-0.2, -0.15) is 0 Å². The lowest BCUT2D eigenvalue weighted by Gasteiger charge is -2.09. The van der Waals surface area contributed by atoms with E-state index in [-0.39, 0.29) is 5.82 Å². The monoisotopic (exact) mass is 414 g/mol. The SMILES string of the molecule is Fc1cccc(COc2ccc(-c3cc(NCCCc4ccccn4)ncn3)cc2)c1. The second-order valence-electron chi connectivity index (χ2n) is 7.08. The van der Waals surface area contributed by atoms with Gasteiger partial charge in [-0.05, 0) is 66.9 Å². The highest BCUT2D eigenvalue weighted by atomic mass is 19.1. The molecular formula is C25H23FN4O. The number of halogens is 1. The summed E-state index contributed by atoms with van der Waals surface area (Å²) in [4.78, 5) is 13.0. The largest absolute Gasteiger partial charge is 0.489 e. The summed E-state index contributed by atoms with van der Waals surface area (Å²) in [5, 5.41) is 3.35. The van der Waals surface area contributed by atoms with Gasteiger partial charge in [0.15, 0.2) is 0 Å². The van der Waals surface area contributed by atoms with Crippen molar-refractivity contribution in [3.05, 3.63) is 102 Å². The molecule has 0 aliphatic rings. The third-order valence-electron chi connectivity index (χ3n) is 4.75. The molecule has 4 aromatic rings. The number of benzene rings is 2. The maximum Gasteiger partial charge on any atom is 0.129 e. The van der Waals surface area contributed by atoms with Gasteiger partial charge in [0.25, 0.3) is 0 Å². The van der Waals surface area contributed by atoms with E-state index in [9.17, 15) is 4.39 Å². The van der Waals surface area contributed by atoms with Crippen LogP contribution < -0.4 is 10.1 Å². The number of nitrogens with zero attached hydrogens (tertiary/aromatic N) is 3. The van der Waals surface area contributed by atoms with Gasteiger partial charge < -0.3 is 10.1 Å². The molecule has 0 bridgehead atoms. The zero-order valence-corrected chi connectivity index (χ0v) is 17.0. The molecule has 31 heavy (non-hydrogen) atoms. The van der Waals surface area contributed by atoms with Crippen molar-refractivity contribution in [2.45, 2.75) is 19.4 Å². The number of anilines is 1. The number of ether oxygens (including phenoxy) is 1. The van der Waals surface area contributed by atoms with Crippen molar-refractivity contribution in [3.63, 3.8) is 0 Å². The first-order valence-electron chi connectivity index (χ1n) is 10.2. The van der Waals surface area contributed by atoms with Crippen LogP contribution in [0.1, 0.15) is 17.7 Å². The number of rotatable bonds is 9. The molecule has 0 saturated heterocycles. The van der Waals surface area contributed by atoms with Gasteiger partial charge in [-0.3, -0.25) is 4.98 Å². The van der Waals surface area contributed by atoms with E-state index in [0.29, 0.717) is 6.61 Å². The van der Waals surface area contributed by atoms with Crippen LogP contribution in [0.3, 0.4) is 0 Å². The molecule has 5 nitrogen and oxygen atoms in total. The van der Waals surface area contributed by atoms with Crippen LogP contribution in [0.2, 0.25) is 0 Å². The molecule has 2 heterocycles. The molecular weight excluding hydrogens is 391 g/mol. The van der Waals surface area contributed by atoms with E-state index in [1.165, 1.54) is 12.1 Å². The maximum absolute atomic E-state index is 13.3. The Morgan fingerprint density at radius 3 is 2.58 bits per heavy atom. The van der Waals surface area contributed by atoms with Crippen LogP contribution in [0.15, 0.2) is 85.3 Å². The van der Waals surface area contributed by atoms with Gasteiger partial charge >= 0.3 is 0 Å². The van der Waals surface area contributed by atoms with E-state index in [1.54, 1.807) is 12.4 Å². The van der Waals surface area contributed by atoms with E-state index in [1.807, 2.05) is 60.8 Å². The van der Waals surface area contributed by atoms with E-state index in [4.69, 9.17) is 4.74 Å². The van der Waals surface area contributed by atoms with Crippen LogP contribution in [-0.2, 0) is 13.0 Å². The summed E-state index contributed by atoms with van der Waals surface area (Å²) in [6.07, 6.45) is 5.26. The molecule has 0 aliphatic heterocycles. The third-order valence-corrected chi connectivity index (χ3v) is 4.75. The fourth-order valence-corrected chi connectivity index (χ4v) is 3.16. The molecule has 6 heteroatoms. The van der Waals surface area contributed by atoms with Crippen molar-refractivity contribution >= 4 is 5.82 Å². The van der Waals surface area contributed by atoms with Gasteiger partial charge in [0, 0.05) is 30.1 Å². The van der Waals surface area contributed by atoms with Gasteiger partial charge in [-0.25, -0.2) is 14.4 Å². The van der Waals surface area contributed by atoms with Gasteiger partial charge in [-0.15, -0.1) is 0 Å². The Kier molecular flexibility index (Phi) is 6.80. The predicted molar refractivity (Wildman–Crippen MR) is 119 cm³/mol. The predicted octanol–water partition coefficient (Wildman–Crippen LogP) is 5.30. The molecule has 0 radical (unpaired) electrons. The Labute approximate surface area is 181 Å². The first-order valence-corrected chi connectivity index (χ1v) is 10.2. The summed E-state index contributed by atoms with van der Waals surface area (Å²) in [5.41, 5.74) is 3.68. The third kappa shape index (κ3) is 6.09. The van der Waals surface area contributed by atoms with E-state index >= 15 is 0 Å². The van der Waals surface area contributed by atoms with Crippen LogP contribution in [0.25, 0.3) is 11.3 Å². The van der Waals surface area contributed by atoms with Gasteiger partial charge in [0.2, 0.25) is 0 Å². The molecule has 156 valence electrons. The minimum Gasteiger partial charge on any atom is -0.489 e. The summed E-state index contributed by atoms with van der Waals surface area (Å²) in [7, 11) is 0. The number of aromatic nitrogens is 3. The Hall–Kier alpha value is -3.80. The molecule has 1 N–H and O–H groups in total. The van der Waals surface area contributed by atoms with Crippen molar-refractivity contribution in [2.24, 2.45) is 0 Å². The summed E-state index contributed by atoms with van der Waals surface area (Å²) < 4.78 is 19.0. The minimum absolute atomic E-state index is 0.263. The molecule has 2 aromatic heterocycles. The van der Waals surface area contributed by atoms with Crippen molar-refractivity contribution in [1.82, 2.24) is 15.0 Å². The van der Waals surface area contributed by atoms with Crippen LogP contribution >= 0.6 is 0 Å². The van der Waals surface area contributed by atoms with E-state index < -0.39 is 0 Å². The zero-order chi connectivity index (χ0) is 21.3. The second-order valence-corrected chi connectivity index (χ2v) is 7.08. The number of pyridine rings is 1. The average molecular weight is 414 g/mol. The highest BCUT2D eigenvalue weighted by Crippen LogP contribution is 2.22. The number of hydrogen-bond acceptors (Lipinski definition) is 5. The van der Waals surface area contributed by atoms with Gasteiger partial charge in [0.1, 0.15) is 30.3 Å². The molecule has 0 atom stereocenters. The Bertz CT molecular complexity index is 1100. The fraction of sp³-hybridized carbons (Fsp3) is 0.160. The first-order chi connectivity index (χ1) is 15.3. The molecule has 0 spiro atoms. The standard InChI is InChI=1S/C25H23FN4O/c26-21-6-3-5-19(15-21)17-31-23-11-9-20(10-12-23)24-16-25(30-18-29-24)28-14-4-8-22-7-1-2-13-27-22/h1-3,5-7,9-13,15-16,18H,4,8,14,17H2,(H,28,29,30). The lowest BCUT2D eigenvalue weighted by molar-refractivity contribution is 0.305. The van der Waals surface area contributed by atoms with Crippen LogP contribution in [0.4, 0.5) is 10.2 Å². The van der Waals surface area contributed by atoms with Gasteiger partial charge in [0.05, 0.1) is 5.69 Å². The van der Waals surface area contributed by atoms with Crippen LogP contribution in [0.5, 0.6) is 5.75 Å². The maximum atomic E-state index is 13.3. The molecule has 4 rings (SSSR count). The molecule has 0 amide bonds. The second kappa shape index (κ2) is 10.3. The lowest BCUT2D eigenvalue weighted by atomic mass is 10.1. The minimum atomic E-state index is -0.263. The summed E-state index contributed by atoms with van der Waals surface area (Å²) in [6.45, 7) is 1.12. The fourth-order valence-electron chi connectivity index (χ4n) is 3.16. The number of hydrogen-bond donors (Lipinski definition) is 1. The Balaban J connectivity index is 1.30. The number of aryl methyl sites for hydroxylation is 1. The van der Waals surface area contributed by atoms with E-state index in [2.05, 4.69) is 20.3 Å². The Morgan fingerprint density at radius 2 is 1.77 bits per heavy atom. The van der Waals surface area contributed by atoms with Crippen molar-refractivity contribution in [3.8, 4) is 17.0 Å². The molecule has 0 saturated carbocycles. The summed E-state index contributed by atoms with van der Waals surface area (Å²) in [6, 6.07) is 22.0.